The van der Waals surface area contributed by atoms with Gasteiger partial charge in [-0.25, -0.2) is 0 Å². The van der Waals surface area contributed by atoms with E-state index in [0.29, 0.717) is 35.2 Å². The van der Waals surface area contributed by atoms with Gasteiger partial charge in [0.2, 0.25) is 0 Å². The summed E-state index contributed by atoms with van der Waals surface area (Å²) in [4.78, 5) is 23.6. The van der Waals surface area contributed by atoms with E-state index >= 15 is 0 Å². The van der Waals surface area contributed by atoms with Crippen LogP contribution in [0.3, 0.4) is 0 Å². The molecule has 0 heterocycles. The first-order valence-electron chi connectivity index (χ1n) is 9.51. The second kappa shape index (κ2) is 7.49. The van der Waals surface area contributed by atoms with Crippen LogP contribution in [0.5, 0.6) is 0 Å². The Morgan fingerprint density at radius 2 is 1.00 bits per heavy atom. The van der Waals surface area contributed by atoms with Crippen LogP contribution in [0.1, 0.15) is 87.5 Å². The summed E-state index contributed by atoms with van der Waals surface area (Å²) in [5.74, 6) is 2.70. The van der Waals surface area contributed by atoms with Gasteiger partial charge in [0.25, 0.3) is 0 Å². The molecule has 23 heavy (non-hydrogen) atoms. The summed E-state index contributed by atoms with van der Waals surface area (Å²) in [7, 11) is 0. The Morgan fingerprint density at radius 3 is 1.17 bits per heavy atom. The van der Waals surface area contributed by atoms with Gasteiger partial charge in [0.15, 0.2) is 0 Å². The summed E-state index contributed by atoms with van der Waals surface area (Å²) in [6.45, 7) is 16.8. The van der Waals surface area contributed by atoms with Crippen LogP contribution in [-0.4, -0.2) is 11.6 Å². The monoisotopic (exact) mass is 322 g/mol. The van der Waals surface area contributed by atoms with Crippen LogP contribution >= 0.6 is 0 Å². The normalized spacial score (nSPS) is 19.2. The molecule has 2 aliphatic rings. The van der Waals surface area contributed by atoms with Gasteiger partial charge in [-0.15, -0.1) is 0 Å². The van der Waals surface area contributed by atoms with Crippen LogP contribution in [-0.2, 0) is 9.59 Å². The van der Waals surface area contributed by atoms with Crippen molar-refractivity contribution in [2.75, 3.05) is 0 Å². The number of hydrogen-bond donors (Lipinski definition) is 0. The Labute approximate surface area is 143 Å². The topological polar surface area (TPSA) is 34.1 Å². The lowest BCUT2D eigenvalue weighted by molar-refractivity contribution is -0.136. The van der Waals surface area contributed by atoms with Gasteiger partial charge in [0.1, 0.15) is 11.6 Å². The molecule has 2 rings (SSSR count). The van der Waals surface area contributed by atoms with Gasteiger partial charge in [0, 0.05) is 22.7 Å². The maximum atomic E-state index is 11.9. The van der Waals surface area contributed by atoms with Crippen LogP contribution in [0.2, 0.25) is 0 Å². The molecule has 2 nitrogen and oxygen atoms in total. The van der Waals surface area contributed by atoms with Gasteiger partial charge >= 0.3 is 0 Å². The van der Waals surface area contributed by atoms with Crippen molar-refractivity contribution in [2.45, 2.75) is 87.5 Å². The first-order valence-corrected chi connectivity index (χ1v) is 9.51. The van der Waals surface area contributed by atoms with Crippen molar-refractivity contribution >= 4 is 11.6 Å². The Morgan fingerprint density at radius 1 is 0.696 bits per heavy atom. The van der Waals surface area contributed by atoms with Crippen molar-refractivity contribution < 1.29 is 9.59 Å². The molecule has 0 saturated heterocycles. The second-order valence-corrected chi connectivity index (χ2v) is 9.38. The maximum absolute atomic E-state index is 11.9. The summed E-state index contributed by atoms with van der Waals surface area (Å²) >= 11 is 0. The number of hydrogen-bond acceptors (Lipinski definition) is 2. The lowest BCUT2D eigenvalue weighted by Crippen LogP contribution is -2.37. The SMILES string of the molecule is CC(C)C(C)(C)C(=O)C1CC1.CC(C)C(C)(C)C(=O)C1CCC1. The third-order valence-electron chi connectivity index (χ3n) is 6.58. The predicted octanol–water partition coefficient (Wildman–Crippen LogP) is 5.69. The third-order valence-corrected chi connectivity index (χ3v) is 6.58. The van der Waals surface area contributed by atoms with Crippen molar-refractivity contribution in [1.29, 1.82) is 0 Å². The second-order valence-electron chi connectivity index (χ2n) is 9.38. The Balaban J connectivity index is 0.000000231. The molecule has 2 heteroatoms. The number of Topliss-reactive ketones (excluding diaryl/α,β-unsaturated/α-hetero) is 2. The molecular weight excluding hydrogens is 284 g/mol. The molecule has 0 N–H and O–H groups in total. The van der Waals surface area contributed by atoms with E-state index in [1.807, 2.05) is 0 Å². The molecule has 0 bridgehead atoms. The van der Waals surface area contributed by atoms with E-state index in [-0.39, 0.29) is 10.8 Å². The van der Waals surface area contributed by atoms with Gasteiger partial charge in [-0.2, -0.15) is 0 Å². The van der Waals surface area contributed by atoms with Gasteiger partial charge < -0.3 is 0 Å². The molecule has 0 radical (unpaired) electrons. The van der Waals surface area contributed by atoms with Crippen LogP contribution in [0, 0.1) is 34.5 Å². The Hall–Kier alpha value is -0.660. The average molecular weight is 323 g/mol. The van der Waals surface area contributed by atoms with Gasteiger partial charge in [0.05, 0.1) is 0 Å². The Bertz CT molecular complexity index is 421. The quantitative estimate of drug-likeness (QED) is 0.630. The van der Waals surface area contributed by atoms with Crippen molar-refractivity contribution in [2.24, 2.45) is 34.5 Å². The molecule has 2 saturated carbocycles. The van der Waals surface area contributed by atoms with E-state index in [1.165, 1.54) is 6.42 Å². The van der Waals surface area contributed by atoms with E-state index in [4.69, 9.17) is 0 Å². The van der Waals surface area contributed by atoms with E-state index in [0.717, 1.165) is 25.7 Å². The highest BCUT2D eigenvalue weighted by Gasteiger charge is 2.41. The van der Waals surface area contributed by atoms with Crippen LogP contribution < -0.4 is 0 Å². The summed E-state index contributed by atoms with van der Waals surface area (Å²) in [5.41, 5.74) is -0.202. The highest BCUT2D eigenvalue weighted by molar-refractivity contribution is 5.88. The van der Waals surface area contributed by atoms with E-state index in [9.17, 15) is 9.59 Å². The van der Waals surface area contributed by atoms with E-state index < -0.39 is 0 Å². The fourth-order valence-corrected chi connectivity index (χ4v) is 2.64. The molecule has 0 aliphatic heterocycles. The first kappa shape index (κ1) is 20.4. The maximum Gasteiger partial charge on any atom is 0.141 e. The molecule has 2 fully saturated rings. The zero-order valence-corrected chi connectivity index (χ0v) is 16.7. The lowest BCUT2D eigenvalue weighted by Gasteiger charge is -2.35. The fourth-order valence-electron chi connectivity index (χ4n) is 2.64. The molecule has 0 spiro atoms. The summed E-state index contributed by atoms with van der Waals surface area (Å²) in [6, 6.07) is 0. The molecule has 0 aromatic rings. The molecule has 134 valence electrons. The zero-order valence-electron chi connectivity index (χ0n) is 16.7. The summed E-state index contributed by atoms with van der Waals surface area (Å²) < 4.78 is 0. The van der Waals surface area contributed by atoms with E-state index in [2.05, 4.69) is 55.4 Å². The van der Waals surface area contributed by atoms with Crippen LogP contribution in [0.15, 0.2) is 0 Å². The highest BCUT2D eigenvalue weighted by Crippen LogP contribution is 2.40. The number of carbonyl (C=O) groups is 2. The van der Waals surface area contributed by atoms with Gasteiger partial charge in [-0.05, 0) is 37.5 Å². The Kier molecular flexibility index (Phi) is 6.64. The molecule has 2 aliphatic carbocycles. The van der Waals surface area contributed by atoms with Gasteiger partial charge in [-0.1, -0.05) is 61.8 Å². The third kappa shape index (κ3) is 4.90. The molecular formula is C21H38O2. The minimum atomic E-state index is -0.106. The minimum absolute atomic E-state index is 0.0961. The molecule has 0 aromatic heterocycles. The predicted molar refractivity (Wildman–Crippen MR) is 97.3 cm³/mol. The van der Waals surface area contributed by atoms with Crippen LogP contribution in [0.25, 0.3) is 0 Å². The van der Waals surface area contributed by atoms with Gasteiger partial charge in [-0.3, -0.25) is 9.59 Å². The molecule has 0 atom stereocenters. The standard InChI is InChI=1S/C11H20O.C10H18O/c1-8(2)11(3,4)10(12)9-6-5-7-9;1-7(2)10(3,4)9(11)8-5-6-8/h8-9H,5-7H2,1-4H3;7-8H,5-6H2,1-4H3. The number of ketones is 2. The zero-order chi connectivity index (χ0) is 18.0. The minimum Gasteiger partial charge on any atom is -0.299 e. The first-order chi connectivity index (χ1) is 10.4. The number of carbonyl (C=O) groups excluding carboxylic acids is 2. The summed E-state index contributed by atoms with van der Waals surface area (Å²) in [6.07, 6.45) is 5.79. The highest BCUT2D eigenvalue weighted by atomic mass is 16.1. The van der Waals surface area contributed by atoms with Crippen molar-refractivity contribution in [1.82, 2.24) is 0 Å². The number of rotatable bonds is 6. The smallest absolute Gasteiger partial charge is 0.141 e. The van der Waals surface area contributed by atoms with Crippen molar-refractivity contribution in [3.8, 4) is 0 Å². The molecule has 0 aromatic carbocycles. The van der Waals surface area contributed by atoms with Crippen molar-refractivity contribution in [3.63, 3.8) is 0 Å². The van der Waals surface area contributed by atoms with Crippen molar-refractivity contribution in [3.05, 3.63) is 0 Å². The lowest BCUT2D eigenvalue weighted by atomic mass is 9.68. The molecule has 0 unspecified atom stereocenters. The van der Waals surface area contributed by atoms with E-state index in [1.54, 1.807) is 0 Å². The average Bonchev–Trinajstić information content (AvgIpc) is 3.20. The van der Waals surface area contributed by atoms with Crippen LogP contribution in [0.4, 0.5) is 0 Å². The largest absolute Gasteiger partial charge is 0.299 e. The fraction of sp³-hybridized carbons (Fsp3) is 0.905. The summed E-state index contributed by atoms with van der Waals surface area (Å²) in [5, 5.41) is 0. The molecule has 0 amide bonds.